The molecule has 1 aromatic carbocycles. The van der Waals surface area contributed by atoms with Gasteiger partial charge in [-0.1, -0.05) is 0 Å². The first-order valence-electron chi connectivity index (χ1n) is 6.40. The number of carboxylic acid groups (broad SMARTS) is 1. The quantitative estimate of drug-likeness (QED) is 0.681. The van der Waals surface area contributed by atoms with Gasteiger partial charge in [-0.25, -0.2) is 9.78 Å². The molecule has 0 aliphatic rings. The van der Waals surface area contributed by atoms with Crippen LogP contribution in [0.4, 0.5) is 0 Å². The third kappa shape index (κ3) is 2.39. The lowest BCUT2D eigenvalue weighted by Gasteiger charge is -2.05. The van der Waals surface area contributed by atoms with Crippen molar-refractivity contribution >= 4 is 11.5 Å². The molecule has 112 valence electrons. The molecule has 0 spiro atoms. The monoisotopic (exact) mass is 300 g/mol. The number of benzene rings is 1. The number of carbonyl (C=O) groups is 1. The normalized spacial score (nSPS) is 10.7. The number of pyridine rings is 1. The van der Waals surface area contributed by atoms with Crippen molar-refractivity contribution in [2.24, 2.45) is 0 Å². The van der Waals surface area contributed by atoms with Crippen LogP contribution >= 0.6 is 0 Å². The molecule has 22 heavy (non-hydrogen) atoms. The number of hydrogen-bond acceptors (Lipinski definition) is 5. The van der Waals surface area contributed by atoms with Crippen molar-refractivity contribution in [2.45, 2.75) is 6.61 Å². The predicted octanol–water partition coefficient (Wildman–Crippen LogP) is 2.02. The van der Waals surface area contributed by atoms with Crippen molar-refractivity contribution in [3.05, 3.63) is 54.1 Å². The van der Waals surface area contributed by atoms with Gasteiger partial charge in [0.05, 0.1) is 0 Å². The molecule has 0 amide bonds. The number of fused-ring (bicyclic) bond motifs is 1. The van der Waals surface area contributed by atoms with Gasteiger partial charge in [0.25, 0.3) is 0 Å². The maximum absolute atomic E-state index is 11.2. The minimum Gasteiger partial charge on any atom is -0.508 e. The maximum Gasteiger partial charge on any atom is 0.356 e. The summed E-state index contributed by atoms with van der Waals surface area (Å²) in [6.45, 7) is 0.0165. The molecule has 3 N–H and O–H groups in total. The van der Waals surface area contributed by atoms with E-state index in [1.54, 1.807) is 24.4 Å². The van der Waals surface area contributed by atoms with Gasteiger partial charge in [-0.2, -0.15) is 0 Å². The van der Waals surface area contributed by atoms with Crippen LogP contribution < -0.4 is 4.74 Å². The molecule has 7 heteroatoms. The van der Waals surface area contributed by atoms with Gasteiger partial charge in [0.15, 0.2) is 11.5 Å². The molecular formula is C15H12N2O5. The van der Waals surface area contributed by atoms with E-state index in [1.165, 1.54) is 22.6 Å². The van der Waals surface area contributed by atoms with E-state index in [1.807, 2.05) is 0 Å². The van der Waals surface area contributed by atoms with Crippen molar-refractivity contribution in [1.29, 1.82) is 0 Å². The summed E-state index contributed by atoms with van der Waals surface area (Å²) >= 11 is 0. The number of ether oxygens (including phenoxy) is 1. The number of carboxylic acids is 1. The van der Waals surface area contributed by atoms with Gasteiger partial charge in [0, 0.05) is 6.20 Å². The number of rotatable bonds is 4. The average molecular weight is 300 g/mol. The minimum atomic E-state index is -1.23. The third-order valence-corrected chi connectivity index (χ3v) is 3.12. The molecule has 3 rings (SSSR count). The Morgan fingerprint density at radius 1 is 1.18 bits per heavy atom. The highest BCUT2D eigenvalue weighted by Crippen LogP contribution is 2.24. The fraction of sp³-hybridized carbons (Fsp3) is 0.0667. The molecule has 0 unspecified atom stereocenters. The van der Waals surface area contributed by atoms with Gasteiger partial charge in [0.1, 0.15) is 29.4 Å². The zero-order valence-corrected chi connectivity index (χ0v) is 11.3. The van der Waals surface area contributed by atoms with Crippen molar-refractivity contribution in [3.8, 4) is 17.2 Å². The highest BCUT2D eigenvalue weighted by atomic mass is 16.5. The number of nitrogens with zero attached hydrogens (tertiary/aromatic N) is 2. The number of aromatic carboxylic acids is 1. The number of hydrogen-bond donors (Lipinski definition) is 3. The molecule has 0 saturated carbocycles. The molecule has 0 aliphatic carbocycles. The van der Waals surface area contributed by atoms with Crippen LogP contribution in [0.15, 0.2) is 42.6 Å². The predicted molar refractivity (Wildman–Crippen MR) is 76.3 cm³/mol. The summed E-state index contributed by atoms with van der Waals surface area (Å²) in [6.07, 6.45) is 1.60. The van der Waals surface area contributed by atoms with Gasteiger partial charge in [-0.15, -0.1) is 0 Å². The van der Waals surface area contributed by atoms with Crippen LogP contribution in [0, 0.1) is 0 Å². The summed E-state index contributed by atoms with van der Waals surface area (Å²) in [5.74, 6) is -0.419. The zero-order chi connectivity index (χ0) is 15.7. The Hall–Kier alpha value is -3.22. The Morgan fingerprint density at radius 3 is 2.59 bits per heavy atom. The van der Waals surface area contributed by atoms with Gasteiger partial charge in [-0.05, 0) is 36.4 Å². The maximum atomic E-state index is 11.2. The lowest BCUT2D eigenvalue weighted by Crippen LogP contribution is -2.01. The number of aromatic hydroxyl groups is 2. The largest absolute Gasteiger partial charge is 0.508 e. The lowest BCUT2D eigenvalue weighted by atomic mass is 10.3. The van der Waals surface area contributed by atoms with E-state index in [-0.39, 0.29) is 29.3 Å². The van der Waals surface area contributed by atoms with Gasteiger partial charge < -0.3 is 20.1 Å². The smallest absolute Gasteiger partial charge is 0.356 e. The highest BCUT2D eigenvalue weighted by molar-refractivity contribution is 5.95. The third-order valence-electron chi connectivity index (χ3n) is 3.12. The van der Waals surface area contributed by atoms with Gasteiger partial charge in [-0.3, -0.25) is 4.40 Å². The summed E-state index contributed by atoms with van der Waals surface area (Å²) in [6, 6.07) is 9.11. The Balaban J connectivity index is 1.95. The fourth-order valence-electron chi connectivity index (χ4n) is 2.12. The molecule has 7 nitrogen and oxygen atoms in total. The molecule has 0 bridgehead atoms. The number of aromatic nitrogens is 2. The molecule has 0 saturated heterocycles. The van der Waals surface area contributed by atoms with E-state index in [4.69, 9.17) is 4.74 Å². The highest BCUT2D eigenvalue weighted by Gasteiger charge is 2.19. The van der Waals surface area contributed by atoms with E-state index in [0.29, 0.717) is 11.6 Å². The molecule has 0 radical (unpaired) electrons. The van der Waals surface area contributed by atoms with E-state index < -0.39 is 5.97 Å². The standard InChI is InChI=1S/C15H12N2O5/c18-9-3-5-10(6-4-9)22-8-12-16-13(15(20)21)14-11(19)2-1-7-17(12)14/h1-7,18-19H,8H2,(H,20,21). The van der Waals surface area contributed by atoms with Crippen LogP contribution in [0.3, 0.4) is 0 Å². The Kier molecular flexibility index (Phi) is 3.30. The first kappa shape index (κ1) is 13.7. The molecule has 0 fully saturated rings. The summed E-state index contributed by atoms with van der Waals surface area (Å²) in [4.78, 5) is 15.2. The van der Waals surface area contributed by atoms with Crippen LogP contribution in [0.1, 0.15) is 16.3 Å². The van der Waals surface area contributed by atoms with Crippen LogP contribution in [-0.2, 0) is 6.61 Å². The first-order valence-corrected chi connectivity index (χ1v) is 6.40. The summed E-state index contributed by atoms with van der Waals surface area (Å²) in [5.41, 5.74) is -0.110. The lowest BCUT2D eigenvalue weighted by molar-refractivity contribution is 0.0692. The number of imidazole rings is 1. The van der Waals surface area contributed by atoms with E-state index >= 15 is 0 Å². The van der Waals surface area contributed by atoms with E-state index in [9.17, 15) is 20.1 Å². The van der Waals surface area contributed by atoms with Crippen LogP contribution in [0.5, 0.6) is 17.2 Å². The molecular weight excluding hydrogens is 288 g/mol. The van der Waals surface area contributed by atoms with Crippen LogP contribution in [0.25, 0.3) is 5.52 Å². The molecule has 2 aromatic heterocycles. The first-order chi connectivity index (χ1) is 10.6. The molecule has 3 aromatic rings. The minimum absolute atomic E-state index is 0.0165. The Morgan fingerprint density at radius 2 is 1.91 bits per heavy atom. The van der Waals surface area contributed by atoms with Gasteiger partial charge >= 0.3 is 5.97 Å². The van der Waals surface area contributed by atoms with Crippen LogP contribution in [0.2, 0.25) is 0 Å². The topological polar surface area (TPSA) is 104 Å². The second-order valence-electron chi connectivity index (χ2n) is 4.58. The average Bonchev–Trinajstić information content (AvgIpc) is 2.87. The molecule has 2 heterocycles. The van der Waals surface area contributed by atoms with Crippen molar-refractivity contribution in [1.82, 2.24) is 9.38 Å². The second-order valence-corrected chi connectivity index (χ2v) is 4.58. The number of phenolic OH excluding ortho intramolecular Hbond substituents is 1. The number of phenols is 1. The van der Waals surface area contributed by atoms with E-state index in [0.717, 1.165) is 0 Å². The van der Waals surface area contributed by atoms with Gasteiger partial charge in [0.2, 0.25) is 0 Å². The fourth-order valence-corrected chi connectivity index (χ4v) is 2.12. The Labute approximate surface area is 124 Å². The second kappa shape index (κ2) is 5.28. The zero-order valence-electron chi connectivity index (χ0n) is 11.3. The van der Waals surface area contributed by atoms with Crippen molar-refractivity contribution in [3.63, 3.8) is 0 Å². The SMILES string of the molecule is O=C(O)c1nc(COc2ccc(O)cc2)n2cccc(O)c12. The summed E-state index contributed by atoms with van der Waals surface area (Å²) in [5, 5.41) is 28.2. The van der Waals surface area contributed by atoms with Crippen molar-refractivity contribution < 1.29 is 24.9 Å². The van der Waals surface area contributed by atoms with Crippen LogP contribution in [-0.4, -0.2) is 30.7 Å². The summed E-state index contributed by atoms with van der Waals surface area (Å²) in [7, 11) is 0. The van der Waals surface area contributed by atoms with E-state index in [2.05, 4.69) is 4.98 Å². The van der Waals surface area contributed by atoms with Crippen molar-refractivity contribution in [2.75, 3.05) is 0 Å². The Bertz CT molecular complexity index is 839. The molecule has 0 atom stereocenters. The molecule has 0 aliphatic heterocycles. The summed E-state index contributed by atoms with van der Waals surface area (Å²) < 4.78 is 6.99.